The summed E-state index contributed by atoms with van der Waals surface area (Å²) in [4.78, 5) is 19.6. The van der Waals surface area contributed by atoms with Gasteiger partial charge in [-0.05, 0) is 37.0 Å². The number of carbonyl (C=O) groups is 1. The van der Waals surface area contributed by atoms with Gasteiger partial charge >= 0.3 is 0 Å². The number of hydrogen-bond donors (Lipinski definition) is 0. The topological polar surface area (TPSA) is 68.5 Å². The van der Waals surface area contributed by atoms with E-state index in [0.717, 1.165) is 42.9 Å². The Morgan fingerprint density at radius 2 is 2.18 bits per heavy atom. The average molecular weight is 379 g/mol. The second-order valence-electron chi connectivity index (χ2n) is 7.80. The lowest BCUT2D eigenvalue weighted by atomic mass is 9.97. The van der Waals surface area contributed by atoms with Crippen LogP contribution in [0, 0.1) is 5.92 Å². The van der Waals surface area contributed by atoms with Crippen LogP contribution in [-0.4, -0.2) is 34.0 Å². The summed E-state index contributed by atoms with van der Waals surface area (Å²) in [6.07, 6.45) is 7.87. The Kier molecular flexibility index (Phi) is 5.28. The second-order valence-corrected chi connectivity index (χ2v) is 7.80. The molecule has 1 unspecified atom stereocenters. The first-order valence-electron chi connectivity index (χ1n) is 9.86. The standard InChI is InChI=1S/C22H25N3O3/c1-15(2)12-20-23-21(28-24-20)18-7-5-10-25(14-18)22(26)17-9-11-27-19-8-4-3-6-16(19)13-17/h3-4,6,8-9,11,13,15,18H,5,7,10,12,14H2,1-2H3. The van der Waals surface area contributed by atoms with Crippen molar-refractivity contribution >= 4 is 12.0 Å². The molecule has 1 aromatic heterocycles. The van der Waals surface area contributed by atoms with Crippen LogP contribution < -0.4 is 4.74 Å². The molecule has 1 atom stereocenters. The first-order valence-corrected chi connectivity index (χ1v) is 9.86. The van der Waals surface area contributed by atoms with Gasteiger partial charge in [-0.1, -0.05) is 37.2 Å². The molecular formula is C22H25N3O3. The number of amides is 1. The number of para-hydroxylation sites is 1. The molecule has 0 aliphatic carbocycles. The molecule has 28 heavy (non-hydrogen) atoms. The van der Waals surface area contributed by atoms with Gasteiger partial charge in [-0.15, -0.1) is 0 Å². The maximum Gasteiger partial charge on any atom is 0.254 e. The normalized spacial score (nSPS) is 19.0. The largest absolute Gasteiger partial charge is 0.464 e. The number of aromatic nitrogens is 2. The molecule has 0 bridgehead atoms. The van der Waals surface area contributed by atoms with E-state index in [-0.39, 0.29) is 11.8 Å². The summed E-state index contributed by atoms with van der Waals surface area (Å²) in [5.41, 5.74) is 1.52. The Labute approximate surface area is 164 Å². The van der Waals surface area contributed by atoms with Gasteiger partial charge in [0.1, 0.15) is 5.75 Å². The van der Waals surface area contributed by atoms with Crippen molar-refractivity contribution in [3.63, 3.8) is 0 Å². The lowest BCUT2D eigenvalue weighted by Gasteiger charge is -2.31. The summed E-state index contributed by atoms with van der Waals surface area (Å²) in [6.45, 7) is 5.59. The molecule has 1 fully saturated rings. The van der Waals surface area contributed by atoms with Gasteiger partial charge in [0.15, 0.2) is 5.82 Å². The predicted molar refractivity (Wildman–Crippen MR) is 106 cm³/mol. The van der Waals surface area contributed by atoms with E-state index in [9.17, 15) is 4.79 Å². The van der Waals surface area contributed by atoms with Gasteiger partial charge in [0, 0.05) is 30.6 Å². The van der Waals surface area contributed by atoms with E-state index in [2.05, 4.69) is 24.0 Å². The van der Waals surface area contributed by atoms with Crippen molar-refractivity contribution < 1.29 is 14.1 Å². The van der Waals surface area contributed by atoms with Gasteiger partial charge in [-0.3, -0.25) is 4.79 Å². The highest BCUT2D eigenvalue weighted by molar-refractivity contribution is 6.01. The molecule has 2 aliphatic heterocycles. The minimum Gasteiger partial charge on any atom is -0.464 e. The highest BCUT2D eigenvalue weighted by Gasteiger charge is 2.29. The number of carbonyl (C=O) groups excluding carboxylic acids is 1. The van der Waals surface area contributed by atoms with Crippen LogP contribution >= 0.6 is 0 Å². The van der Waals surface area contributed by atoms with Gasteiger partial charge in [0.05, 0.1) is 12.2 Å². The maximum absolute atomic E-state index is 13.1. The molecule has 2 aliphatic rings. The van der Waals surface area contributed by atoms with Crippen molar-refractivity contribution in [2.45, 2.75) is 39.0 Å². The molecule has 1 aromatic carbocycles. The second kappa shape index (κ2) is 8.00. The lowest BCUT2D eigenvalue weighted by Crippen LogP contribution is -2.39. The Hall–Kier alpha value is -2.89. The van der Waals surface area contributed by atoms with Crippen molar-refractivity contribution in [2.75, 3.05) is 13.1 Å². The SMILES string of the molecule is CC(C)Cc1noc(C2CCCN(C(=O)C3=Cc4ccccc4OC=C3)C2)n1. The maximum atomic E-state index is 13.1. The monoisotopic (exact) mass is 379 g/mol. The first-order chi connectivity index (χ1) is 13.6. The van der Waals surface area contributed by atoms with Crippen LogP contribution in [0.15, 0.2) is 46.7 Å². The van der Waals surface area contributed by atoms with Crippen molar-refractivity contribution in [1.82, 2.24) is 15.0 Å². The molecule has 0 spiro atoms. The van der Waals surface area contributed by atoms with Crippen LogP contribution in [0.1, 0.15) is 49.9 Å². The molecule has 4 rings (SSSR count). The van der Waals surface area contributed by atoms with Crippen molar-refractivity contribution in [2.24, 2.45) is 5.92 Å². The van der Waals surface area contributed by atoms with Gasteiger partial charge in [-0.25, -0.2) is 0 Å². The molecule has 2 aromatic rings. The molecule has 6 heteroatoms. The van der Waals surface area contributed by atoms with E-state index in [4.69, 9.17) is 9.26 Å². The number of nitrogens with zero attached hydrogens (tertiary/aromatic N) is 3. The third-order valence-electron chi connectivity index (χ3n) is 5.05. The fourth-order valence-electron chi connectivity index (χ4n) is 3.66. The fourth-order valence-corrected chi connectivity index (χ4v) is 3.66. The molecule has 1 saturated heterocycles. The molecule has 1 amide bonds. The van der Waals surface area contributed by atoms with Crippen molar-refractivity contribution in [1.29, 1.82) is 0 Å². The van der Waals surface area contributed by atoms with Gasteiger partial charge in [-0.2, -0.15) is 4.98 Å². The zero-order chi connectivity index (χ0) is 19.5. The number of rotatable bonds is 4. The predicted octanol–water partition coefficient (Wildman–Crippen LogP) is 3.96. The Bertz CT molecular complexity index is 913. The summed E-state index contributed by atoms with van der Waals surface area (Å²) in [5, 5.41) is 4.10. The van der Waals surface area contributed by atoms with E-state index >= 15 is 0 Å². The Morgan fingerprint density at radius 1 is 1.32 bits per heavy atom. The lowest BCUT2D eigenvalue weighted by molar-refractivity contribution is -0.128. The first kappa shape index (κ1) is 18.5. The molecule has 0 radical (unpaired) electrons. The quantitative estimate of drug-likeness (QED) is 0.804. The third kappa shape index (κ3) is 4.01. The van der Waals surface area contributed by atoms with E-state index in [1.807, 2.05) is 35.2 Å². The van der Waals surface area contributed by atoms with Crippen LogP contribution in [0.2, 0.25) is 0 Å². The number of hydrogen-bond acceptors (Lipinski definition) is 5. The third-order valence-corrected chi connectivity index (χ3v) is 5.05. The van der Waals surface area contributed by atoms with E-state index in [1.54, 1.807) is 12.3 Å². The number of likely N-dealkylation sites (tertiary alicyclic amines) is 1. The number of fused-ring (bicyclic) bond motifs is 1. The fraction of sp³-hybridized carbons (Fsp3) is 0.409. The molecule has 146 valence electrons. The zero-order valence-electron chi connectivity index (χ0n) is 16.3. The summed E-state index contributed by atoms with van der Waals surface area (Å²) < 4.78 is 11.1. The molecule has 6 nitrogen and oxygen atoms in total. The zero-order valence-corrected chi connectivity index (χ0v) is 16.3. The molecule has 3 heterocycles. The highest BCUT2D eigenvalue weighted by atomic mass is 16.5. The van der Waals surface area contributed by atoms with Crippen LogP contribution in [-0.2, 0) is 11.2 Å². The van der Waals surface area contributed by atoms with E-state index < -0.39 is 0 Å². The minimum absolute atomic E-state index is 0.00294. The summed E-state index contributed by atoms with van der Waals surface area (Å²) in [6, 6.07) is 7.70. The summed E-state index contributed by atoms with van der Waals surface area (Å²) >= 11 is 0. The summed E-state index contributed by atoms with van der Waals surface area (Å²) in [5.74, 6) is 2.72. The molecular weight excluding hydrogens is 354 g/mol. The Morgan fingerprint density at radius 3 is 3.04 bits per heavy atom. The van der Waals surface area contributed by atoms with Gasteiger partial charge in [0.25, 0.3) is 5.91 Å². The van der Waals surface area contributed by atoms with E-state index in [0.29, 0.717) is 23.9 Å². The highest BCUT2D eigenvalue weighted by Crippen LogP contribution is 2.29. The van der Waals surface area contributed by atoms with Crippen LogP contribution in [0.4, 0.5) is 0 Å². The average Bonchev–Trinajstić information content (AvgIpc) is 3.04. The van der Waals surface area contributed by atoms with Crippen LogP contribution in [0.25, 0.3) is 6.08 Å². The van der Waals surface area contributed by atoms with Gasteiger partial charge < -0.3 is 14.2 Å². The Balaban J connectivity index is 1.49. The molecule has 0 N–H and O–H groups in total. The molecule has 0 saturated carbocycles. The smallest absolute Gasteiger partial charge is 0.254 e. The number of benzene rings is 1. The van der Waals surface area contributed by atoms with Crippen molar-refractivity contribution in [3.05, 3.63) is 59.5 Å². The van der Waals surface area contributed by atoms with Crippen LogP contribution in [0.5, 0.6) is 5.75 Å². The number of ether oxygens (including phenoxy) is 1. The van der Waals surface area contributed by atoms with Crippen molar-refractivity contribution in [3.8, 4) is 5.75 Å². The number of piperidine rings is 1. The van der Waals surface area contributed by atoms with Crippen LogP contribution in [0.3, 0.4) is 0 Å². The summed E-state index contributed by atoms with van der Waals surface area (Å²) in [7, 11) is 0. The van der Waals surface area contributed by atoms with E-state index in [1.165, 1.54) is 0 Å². The minimum atomic E-state index is 0.00294. The van der Waals surface area contributed by atoms with Gasteiger partial charge in [0.2, 0.25) is 5.89 Å².